The van der Waals surface area contributed by atoms with Gasteiger partial charge in [-0.3, -0.25) is 0 Å². The average molecular weight is 524 g/mol. The molecule has 1 aliphatic carbocycles. The van der Waals surface area contributed by atoms with Crippen molar-refractivity contribution in [3.05, 3.63) is 53.5 Å². The first-order chi connectivity index (χ1) is 17.5. The Balaban J connectivity index is 0.00000186. The molecule has 1 aromatic carbocycles. The number of nitrogens with zero attached hydrogens (tertiary/aromatic N) is 5. The Hall–Kier alpha value is -3.88. The van der Waals surface area contributed by atoms with Crippen molar-refractivity contribution in [3.8, 4) is 17.6 Å². The van der Waals surface area contributed by atoms with Crippen LogP contribution in [0.5, 0.6) is 0 Å². The molecule has 0 radical (unpaired) electrons. The van der Waals surface area contributed by atoms with Crippen LogP contribution in [0.25, 0.3) is 11.5 Å². The molecule has 7 nitrogen and oxygen atoms in total. The average Bonchev–Trinajstić information content (AvgIpc) is 2.85. The van der Waals surface area contributed by atoms with Crippen LogP contribution in [0, 0.1) is 17.1 Å². The highest BCUT2D eigenvalue weighted by atomic mass is 19.4. The van der Waals surface area contributed by atoms with Gasteiger partial charge in [-0.05, 0) is 62.9 Å². The number of pyridine rings is 1. The van der Waals surface area contributed by atoms with Crippen LogP contribution < -0.4 is 10.6 Å². The van der Waals surface area contributed by atoms with Gasteiger partial charge in [0.15, 0.2) is 5.82 Å². The number of anilines is 3. The quantitative estimate of drug-likeness (QED) is 0.338. The van der Waals surface area contributed by atoms with E-state index in [2.05, 4.69) is 30.6 Å². The maximum absolute atomic E-state index is 14.2. The van der Waals surface area contributed by atoms with Gasteiger partial charge in [-0.25, -0.2) is 13.8 Å². The van der Waals surface area contributed by atoms with E-state index in [9.17, 15) is 22.0 Å². The van der Waals surface area contributed by atoms with Crippen LogP contribution in [0.15, 0.2) is 36.4 Å². The number of hydrogen-bond donors (Lipinski definition) is 2. The molecule has 2 aromatic heterocycles. The Morgan fingerprint density at radius 2 is 1.70 bits per heavy atom. The molecule has 2 N–H and O–H groups in total. The van der Waals surface area contributed by atoms with Crippen molar-refractivity contribution in [2.45, 2.75) is 64.3 Å². The van der Waals surface area contributed by atoms with Crippen LogP contribution >= 0.6 is 0 Å². The maximum atomic E-state index is 14.2. The molecular formula is C25H30F5N7. The van der Waals surface area contributed by atoms with Crippen molar-refractivity contribution in [1.29, 1.82) is 5.26 Å². The van der Waals surface area contributed by atoms with E-state index < -0.39 is 23.4 Å². The van der Waals surface area contributed by atoms with Crippen molar-refractivity contribution >= 4 is 17.6 Å². The van der Waals surface area contributed by atoms with Crippen LogP contribution in [-0.4, -0.2) is 31.6 Å². The van der Waals surface area contributed by atoms with E-state index in [1.807, 2.05) is 19.9 Å². The van der Waals surface area contributed by atoms with Crippen molar-refractivity contribution in [1.82, 2.24) is 19.9 Å². The van der Waals surface area contributed by atoms with E-state index in [-0.39, 0.29) is 43.6 Å². The first-order valence-electron chi connectivity index (χ1n) is 11.7. The smallest absolute Gasteiger partial charge is 0.351 e. The van der Waals surface area contributed by atoms with Crippen LogP contribution in [0.4, 0.5) is 39.5 Å². The highest BCUT2D eigenvalue weighted by Crippen LogP contribution is 2.33. The summed E-state index contributed by atoms with van der Waals surface area (Å²) in [6.45, 7) is 5.54. The SMILES string of the molecule is CC.CC1(F)CCC(Nc2nc(Nc3cc(F)cc(C#N)c3)nc(-c3cccc(C(F)(F)F)n3)n2)CC1.[HH].[HH]. The van der Waals surface area contributed by atoms with Gasteiger partial charge in [-0.2, -0.15) is 33.4 Å². The normalized spacial score (nSPS) is 19.3. The van der Waals surface area contributed by atoms with Crippen molar-refractivity contribution < 1.29 is 24.8 Å². The van der Waals surface area contributed by atoms with Crippen molar-refractivity contribution in [2.24, 2.45) is 0 Å². The van der Waals surface area contributed by atoms with E-state index in [0.717, 1.165) is 18.2 Å². The summed E-state index contributed by atoms with van der Waals surface area (Å²) >= 11 is 0. The lowest BCUT2D eigenvalue weighted by Gasteiger charge is -2.31. The predicted octanol–water partition coefficient (Wildman–Crippen LogP) is 7.31. The van der Waals surface area contributed by atoms with E-state index in [1.165, 1.54) is 18.2 Å². The third-order valence-electron chi connectivity index (χ3n) is 5.55. The number of benzene rings is 1. The van der Waals surface area contributed by atoms with Gasteiger partial charge in [-0.15, -0.1) is 0 Å². The molecule has 12 heteroatoms. The van der Waals surface area contributed by atoms with Gasteiger partial charge in [-0.1, -0.05) is 19.9 Å². The fraction of sp³-hybridized carbons (Fsp3) is 0.400. The summed E-state index contributed by atoms with van der Waals surface area (Å²) in [4.78, 5) is 16.3. The van der Waals surface area contributed by atoms with E-state index in [0.29, 0.717) is 25.7 Å². The highest BCUT2D eigenvalue weighted by Gasteiger charge is 2.33. The molecule has 0 saturated heterocycles. The molecular weight excluding hydrogens is 493 g/mol. The lowest BCUT2D eigenvalue weighted by atomic mass is 9.85. The number of rotatable bonds is 5. The Kier molecular flexibility index (Phi) is 8.57. The summed E-state index contributed by atoms with van der Waals surface area (Å²) in [7, 11) is 0. The van der Waals surface area contributed by atoms with Gasteiger partial charge in [0.05, 0.1) is 11.6 Å². The molecule has 2 heterocycles. The molecule has 1 aliphatic rings. The summed E-state index contributed by atoms with van der Waals surface area (Å²) in [5, 5.41) is 14.9. The molecule has 0 atom stereocenters. The number of nitrogens with one attached hydrogen (secondary N) is 2. The Morgan fingerprint density at radius 3 is 2.35 bits per heavy atom. The third kappa shape index (κ3) is 7.55. The van der Waals surface area contributed by atoms with Gasteiger partial charge in [0, 0.05) is 14.6 Å². The van der Waals surface area contributed by atoms with Crippen LogP contribution in [0.2, 0.25) is 0 Å². The molecule has 1 fully saturated rings. The standard InChI is InChI=1S/C23H20F5N7.C2H6.2H2/c1-22(25)7-5-15(6-8-22)30-20-33-19(17-3-2-4-18(32-17)23(26,27)28)34-21(35-20)31-16-10-13(12-29)9-14(24)11-16;1-2;;/h2-4,9-11,15H,5-8H2,1H3,(H2,30,31,33,34,35);1-2H3;2*1H. The zero-order valence-electron chi connectivity index (χ0n) is 20.5. The Morgan fingerprint density at radius 1 is 1.03 bits per heavy atom. The minimum Gasteiger partial charge on any atom is -0.351 e. The summed E-state index contributed by atoms with van der Waals surface area (Å²) in [6, 6.07) is 8.54. The predicted molar refractivity (Wildman–Crippen MR) is 133 cm³/mol. The van der Waals surface area contributed by atoms with Crippen LogP contribution in [0.3, 0.4) is 0 Å². The maximum Gasteiger partial charge on any atom is 0.433 e. The van der Waals surface area contributed by atoms with E-state index in [1.54, 1.807) is 6.92 Å². The number of hydrogen-bond acceptors (Lipinski definition) is 7. The molecule has 0 bridgehead atoms. The van der Waals surface area contributed by atoms with Gasteiger partial charge >= 0.3 is 6.18 Å². The van der Waals surface area contributed by atoms with Gasteiger partial charge in [0.2, 0.25) is 11.9 Å². The van der Waals surface area contributed by atoms with Gasteiger partial charge in [0.1, 0.15) is 22.9 Å². The first-order valence-corrected chi connectivity index (χ1v) is 11.7. The second-order valence-electron chi connectivity index (χ2n) is 8.51. The first kappa shape index (κ1) is 27.7. The second-order valence-corrected chi connectivity index (χ2v) is 8.51. The number of nitriles is 1. The Bertz CT molecular complexity index is 1270. The fourth-order valence-corrected chi connectivity index (χ4v) is 3.73. The van der Waals surface area contributed by atoms with Crippen molar-refractivity contribution in [3.63, 3.8) is 0 Å². The molecule has 0 unspecified atom stereocenters. The van der Waals surface area contributed by atoms with E-state index >= 15 is 0 Å². The van der Waals surface area contributed by atoms with E-state index in [4.69, 9.17) is 5.26 Å². The summed E-state index contributed by atoms with van der Waals surface area (Å²) in [5.74, 6) is -0.882. The molecule has 0 amide bonds. The second kappa shape index (κ2) is 11.5. The number of halogens is 5. The largest absolute Gasteiger partial charge is 0.433 e. The minimum atomic E-state index is -4.67. The number of alkyl halides is 4. The fourth-order valence-electron chi connectivity index (χ4n) is 3.73. The van der Waals surface area contributed by atoms with Crippen LogP contribution in [-0.2, 0) is 6.18 Å². The summed E-state index contributed by atoms with van der Waals surface area (Å²) in [5.41, 5.74) is -2.31. The summed E-state index contributed by atoms with van der Waals surface area (Å²) < 4.78 is 67.6. The number of aromatic nitrogens is 4. The van der Waals surface area contributed by atoms with Gasteiger partial charge in [0.25, 0.3) is 0 Å². The zero-order valence-corrected chi connectivity index (χ0v) is 20.5. The third-order valence-corrected chi connectivity index (χ3v) is 5.55. The summed E-state index contributed by atoms with van der Waals surface area (Å²) in [6.07, 6.45) is -2.98. The lowest BCUT2D eigenvalue weighted by Crippen LogP contribution is -2.33. The van der Waals surface area contributed by atoms with Gasteiger partial charge < -0.3 is 10.6 Å². The molecule has 3 aromatic rings. The molecule has 4 rings (SSSR count). The Labute approximate surface area is 214 Å². The monoisotopic (exact) mass is 523 g/mol. The molecule has 1 saturated carbocycles. The highest BCUT2D eigenvalue weighted by molar-refractivity contribution is 5.60. The minimum absolute atomic E-state index is 0. The topological polar surface area (TPSA) is 99.4 Å². The molecule has 0 aliphatic heterocycles. The zero-order chi connectivity index (χ0) is 27.2. The molecule has 37 heavy (non-hydrogen) atoms. The van der Waals surface area contributed by atoms with Crippen LogP contribution in [0.1, 0.15) is 60.6 Å². The van der Waals surface area contributed by atoms with Crippen molar-refractivity contribution in [2.75, 3.05) is 10.6 Å². The molecule has 0 spiro atoms. The molecule has 200 valence electrons. The lowest BCUT2D eigenvalue weighted by molar-refractivity contribution is -0.141.